The monoisotopic (exact) mass is 478 g/mol. The van der Waals surface area contributed by atoms with Crippen LogP contribution in [0.1, 0.15) is 31.4 Å². The Hall–Kier alpha value is -3.49. The minimum absolute atomic E-state index is 0.00130. The maximum Gasteiger partial charge on any atom is 0.238 e. The SMILES string of the molecule is CC(C)CC(Cc1cccc(C(=N)N)c1)C(=O)Nc1ccc(-c2cccc(S(N)(=O)=O)c2)cc1. The van der Waals surface area contributed by atoms with E-state index in [0.29, 0.717) is 35.6 Å². The zero-order valence-electron chi connectivity index (χ0n) is 19.3. The lowest BCUT2D eigenvalue weighted by Crippen LogP contribution is -2.26. The number of amidine groups is 1. The Morgan fingerprint density at radius 3 is 2.26 bits per heavy atom. The molecule has 6 N–H and O–H groups in total. The lowest BCUT2D eigenvalue weighted by molar-refractivity contribution is -0.120. The van der Waals surface area contributed by atoms with Gasteiger partial charge in [-0.05, 0) is 65.8 Å². The summed E-state index contributed by atoms with van der Waals surface area (Å²) in [6, 6.07) is 21.1. The fourth-order valence-electron chi connectivity index (χ4n) is 3.85. The topological polar surface area (TPSA) is 139 Å². The maximum absolute atomic E-state index is 13.1. The summed E-state index contributed by atoms with van der Waals surface area (Å²) in [5, 5.41) is 15.9. The van der Waals surface area contributed by atoms with Crippen LogP contribution in [0.5, 0.6) is 0 Å². The van der Waals surface area contributed by atoms with Gasteiger partial charge in [0.05, 0.1) is 4.90 Å². The number of sulfonamides is 1. The van der Waals surface area contributed by atoms with Crippen LogP contribution in [0.3, 0.4) is 0 Å². The fraction of sp³-hybridized carbons (Fsp3) is 0.231. The number of carbonyl (C=O) groups excluding carboxylic acids is 1. The van der Waals surface area contributed by atoms with Crippen molar-refractivity contribution in [2.75, 3.05) is 5.32 Å². The van der Waals surface area contributed by atoms with E-state index >= 15 is 0 Å². The molecule has 0 fully saturated rings. The lowest BCUT2D eigenvalue weighted by Gasteiger charge is -2.19. The number of nitrogens with two attached hydrogens (primary N) is 2. The van der Waals surface area contributed by atoms with E-state index in [-0.39, 0.29) is 22.6 Å². The summed E-state index contributed by atoms with van der Waals surface area (Å²) in [6.07, 6.45) is 1.26. The summed E-state index contributed by atoms with van der Waals surface area (Å²) >= 11 is 0. The van der Waals surface area contributed by atoms with E-state index in [1.807, 2.05) is 30.3 Å². The lowest BCUT2D eigenvalue weighted by atomic mass is 9.89. The van der Waals surface area contributed by atoms with Gasteiger partial charge in [-0.15, -0.1) is 0 Å². The Morgan fingerprint density at radius 2 is 1.65 bits per heavy atom. The van der Waals surface area contributed by atoms with Crippen molar-refractivity contribution in [2.45, 2.75) is 31.6 Å². The predicted molar refractivity (Wildman–Crippen MR) is 136 cm³/mol. The van der Waals surface area contributed by atoms with Crippen molar-refractivity contribution in [1.82, 2.24) is 0 Å². The minimum atomic E-state index is -3.79. The molecule has 0 aliphatic rings. The van der Waals surface area contributed by atoms with E-state index < -0.39 is 10.0 Å². The predicted octanol–water partition coefficient (Wildman–Crippen LogP) is 4.13. The third-order valence-corrected chi connectivity index (χ3v) is 6.41. The molecule has 178 valence electrons. The molecule has 0 saturated heterocycles. The molecule has 0 aromatic heterocycles. The van der Waals surface area contributed by atoms with Gasteiger partial charge in [0.15, 0.2) is 0 Å². The summed E-state index contributed by atoms with van der Waals surface area (Å²) in [5.41, 5.74) is 9.39. The molecule has 0 spiro atoms. The van der Waals surface area contributed by atoms with Crippen LogP contribution in [-0.2, 0) is 21.2 Å². The zero-order valence-corrected chi connectivity index (χ0v) is 20.1. The Balaban J connectivity index is 1.75. The number of hydrogen-bond acceptors (Lipinski definition) is 4. The van der Waals surface area contributed by atoms with E-state index in [4.69, 9.17) is 16.3 Å². The summed E-state index contributed by atoms with van der Waals surface area (Å²) in [4.78, 5) is 13.2. The highest BCUT2D eigenvalue weighted by atomic mass is 32.2. The molecule has 1 unspecified atom stereocenters. The molecule has 0 saturated carbocycles. The van der Waals surface area contributed by atoms with E-state index in [2.05, 4.69) is 19.2 Å². The van der Waals surface area contributed by atoms with Gasteiger partial charge < -0.3 is 11.1 Å². The number of carbonyl (C=O) groups is 1. The molecule has 1 atom stereocenters. The average Bonchev–Trinajstić information content (AvgIpc) is 2.78. The first-order chi connectivity index (χ1) is 16.0. The zero-order chi connectivity index (χ0) is 24.9. The number of amides is 1. The second-order valence-corrected chi connectivity index (χ2v) is 10.3. The quantitative estimate of drug-likeness (QED) is 0.271. The van der Waals surface area contributed by atoms with Gasteiger partial charge in [-0.2, -0.15) is 0 Å². The molecule has 0 aliphatic heterocycles. The number of nitrogen functional groups attached to an aromatic ring is 1. The minimum Gasteiger partial charge on any atom is -0.384 e. The number of primary sulfonamides is 1. The van der Waals surface area contributed by atoms with E-state index in [9.17, 15) is 13.2 Å². The first-order valence-electron chi connectivity index (χ1n) is 11.0. The molecule has 7 nitrogen and oxygen atoms in total. The molecular weight excluding hydrogens is 448 g/mol. The molecule has 3 aromatic rings. The average molecular weight is 479 g/mol. The molecule has 34 heavy (non-hydrogen) atoms. The Labute approximate surface area is 200 Å². The molecule has 0 heterocycles. The highest BCUT2D eigenvalue weighted by Gasteiger charge is 2.21. The fourth-order valence-corrected chi connectivity index (χ4v) is 4.40. The summed E-state index contributed by atoms with van der Waals surface area (Å²) in [7, 11) is -3.79. The van der Waals surface area contributed by atoms with Crippen molar-refractivity contribution < 1.29 is 13.2 Å². The van der Waals surface area contributed by atoms with Gasteiger partial charge in [-0.25, -0.2) is 13.6 Å². The van der Waals surface area contributed by atoms with Crippen molar-refractivity contribution in [1.29, 1.82) is 5.41 Å². The molecule has 3 aromatic carbocycles. The van der Waals surface area contributed by atoms with Gasteiger partial charge in [0.25, 0.3) is 0 Å². The standard InChI is InChI=1S/C26H30N4O3S/c1-17(2)13-22(15-18-5-3-7-21(14-18)25(27)28)26(31)30-23-11-9-19(10-12-23)20-6-4-8-24(16-20)34(29,32)33/h3-12,14,16-17,22H,13,15H2,1-2H3,(H3,27,28)(H,30,31)(H2,29,32,33). The summed E-state index contributed by atoms with van der Waals surface area (Å²) < 4.78 is 23.3. The molecule has 8 heteroatoms. The van der Waals surface area contributed by atoms with E-state index in [1.54, 1.807) is 30.3 Å². The molecule has 0 aliphatic carbocycles. The number of hydrogen-bond donors (Lipinski definition) is 4. The highest BCUT2D eigenvalue weighted by Crippen LogP contribution is 2.25. The summed E-state index contributed by atoms with van der Waals surface area (Å²) in [5.74, 6) is 0.0147. The van der Waals surface area contributed by atoms with Gasteiger partial charge in [0, 0.05) is 17.2 Å². The molecule has 0 radical (unpaired) electrons. The van der Waals surface area contributed by atoms with Crippen molar-refractivity contribution in [3.63, 3.8) is 0 Å². The van der Waals surface area contributed by atoms with E-state index in [1.165, 1.54) is 12.1 Å². The van der Waals surface area contributed by atoms with Crippen molar-refractivity contribution in [3.05, 3.63) is 83.9 Å². The highest BCUT2D eigenvalue weighted by molar-refractivity contribution is 7.89. The number of nitrogens with one attached hydrogen (secondary N) is 2. The smallest absolute Gasteiger partial charge is 0.238 e. The Kier molecular flexibility index (Phi) is 7.86. The van der Waals surface area contributed by atoms with Crippen LogP contribution >= 0.6 is 0 Å². The molecule has 0 bridgehead atoms. The van der Waals surface area contributed by atoms with Crippen molar-refractivity contribution in [2.24, 2.45) is 22.7 Å². The van der Waals surface area contributed by atoms with Crippen LogP contribution in [-0.4, -0.2) is 20.2 Å². The first-order valence-corrected chi connectivity index (χ1v) is 12.5. The van der Waals surface area contributed by atoms with Crippen molar-refractivity contribution in [3.8, 4) is 11.1 Å². The van der Waals surface area contributed by atoms with Gasteiger partial charge in [-0.1, -0.05) is 56.3 Å². The molecule has 1 amide bonds. The van der Waals surface area contributed by atoms with Crippen LogP contribution in [0.15, 0.2) is 77.7 Å². The van der Waals surface area contributed by atoms with Gasteiger partial charge in [-0.3, -0.25) is 10.2 Å². The second-order valence-electron chi connectivity index (χ2n) is 8.78. The van der Waals surface area contributed by atoms with Crippen LogP contribution < -0.4 is 16.2 Å². The third-order valence-electron chi connectivity index (χ3n) is 5.50. The van der Waals surface area contributed by atoms with Crippen LogP contribution in [0.25, 0.3) is 11.1 Å². The third kappa shape index (κ3) is 6.76. The molecule has 3 rings (SSSR count). The first kappa shape index (κ1) is 25.1. The van der Waals surface area contributed by atoms with E-state index in [0.717, 1.165) is 11.1 Å². The Morgan fingerprint density at radius 1 is 0.971 bits per heavy atom. The normalized spacial score (nSPS) is 12.4. The van der Waals surface area contributed by atoms with Gasteiger partial charge in [0.1, 0.15) is 5.84 Å². The van der Waals surface area contributed by atoms with Crippen molar-refractivity contribution >= 4 is 27.5 Å². The largest absolute Gasteiger partial charge is 0.384 e. The maximum atomic E-state index is 13.1. The Bertz CT molecular complexity index is 1290. The van der Waals surface area contributed by atoms with Gasteiger partial charge in [0.2, 0.25) is 15.9 Å². The van der Waals surface area contributed by atoms with Gasteiger partial charge >= 0.3 is 0 Å². The summed E-state index contributed by atoms with van der Waals surface area (Å²) in [6.45, 7) is 4.16. The van der Waals surface area contributed by atoms with Crippen LogP contribution in [0.2, 0.25) is 0 Å². The molecular formula is C26H30N4O3S. The number of anilines is 1. The number of benzene rings is 3. The van der Waals surface area contributed by atoms with Crippen LogP contribution in [0, 0.1) is 17.2 Å². The van der Waals surface area contributed by atoms with Crippen LogP contribution in [0.4, 0.5) is 5.69 Å². The number of rotatable bonds is 9. The second kappa shape index (κ2) is 10.6.